The third kappa shape index (κ3) is 7.68. The highest BCUT2D eigenvalue weighted by Gasteiger charge is 2.27. The van der Waals surface area contributed by atoms with Crippen LogP contribution in [0.5, 0.6) is 0 Å². The van der Waals surface area contributed by atoms with Gasteiger partial charge in [-0.15, -0.1) is 0 Å². The molecule has 0 heterocycles. The zero-order valence-corrected chi connectivity index (χ0v) is 20.7. The minimum absolute atomic E-state index is 0.0190. The molecule has 33 heavy (non-hydrogen) atoms. The third-order valence-corrected chi connectivity index (χ3v) is 7.55. The van der Waals surface area contributed by atoms with Gasteiger partial charge in [0.05, 0.1) is 4.90 Å². The summed E-state index contributed by atoms with van der Waals surface area (Å²) in [4.78, 5) is 27.6. The average Bonchev–Trinajstić information content (AvgIpc) is 2.82. The number of carbonyl (C=O) groups is 2. The molecule has 0 saturated heterocycles. The highest BCUT2D eigenvalue weighted by Crippen LogP contribution is 2.16. The van der Waals surface area contributed by atoms with Crippen molar-refractivity contribution in [3.63, 3.8) is 0 Å². The van der Waals surface area contributed by atoms with Crippen LogP contribution in [0, 0.1) is 0 Å². The molecule has 2 aromatic carbocycles. The van der Waals surface area contributed by atoms with Gasteiger partial charge in [0.2, 0.25) is 21.8 Å². The molecule has 2 amide bonds. The minimum Gasteiger partial charge on any atom is -0.352 e. The Bertz CT molecular complexity index is 997. The summed E-state index contributed by atoms with van der Waals surface area (Å²) in [5.74, 6) is -0.381. The first-order valence-electron chi connectivity index (χ1n) is 11.3. The van der Waals surface area contributed by atoms with Gasteiger partial charge in [-0.2, -0.15) is 0 Å². The Labute approximate surface area is 197 Å². The van der Waals surface area contributed by atoms with Gasteiger partial charge in [0, 0.05) is 32.6 Å². The number of rotatable bonds is 12. The van der Waals surface area contributed by atoms with Gasteiger partial charge in [-0.25, -0.2) is 12.7 Å². The quantitative estimate of drug-likeness (QED) is 0.512. The van der Waals surface area contributed by atoms with Crippen LogP contribution in [0.3, 0.4) is 0 Å². The first kappa shape index (κ1) is 26.5. The summed E-state index contributed by atoms with van der Waals surface area (Å²) in [6.45, 7) is 6.16. The number of amides is 2. The van der Waals surface area contributed by atoms with Gasteiger partial charge >= 0.3 is 0 Å². The van der Waals surface area contributed by atoms with E-state index in [1.165, 1.54) is 11.4 Å². The largest absolute Gasteiger partial charge is 0.352 e. The van der Waals surface area contributed by atoms with Crippen LogP contribution >= 0.6 is 0 Å². The zero-order chi connectivity index (χ0) is 24.4. The molecule has 2 atom stereocenters. The molecule has 0 aliphatic carbocycles. The van der Waals surface area contributed by atoms with Crippen molar-refractivity contribution < 1.29 is 18.0 Å². The second kappa shape index (κ2) is 12.5. The molecule has 0 aliphatic heterocycles. The first-order chi connectivity index (χ1) is 15.7. The third-order valence-electron chi connectivity index (χ3n) is 5.68. The van der Waals surface area contributed by atoms with Crippen molar-refractivity contribution in [1.82, 2.24) is 14.5 Å². The van der Waals surface area contributed by atoms with E-state index in [1.807, 2.05) is 44.2 Å². The van der Waals surface area contributed by atoms with Crippen molar-refractivity contribution in [2.24, 2.45) is 0 Å². The standard InChI is InChI=1S/C25H35N3O4S/c1-5-20(2)26-25(30)21(3)28(19-22-13-8-6-9-14-22)24(29)17-12-18-27(4)33(31,32)23-15-10-7-11-16-23/h6-11,13-16,20-21H,5,12,17-19H2,1-4H3,(H,26,30). The second-order valence-electron chi connectivity index (χ2n) is 8.24. The molecule has 8 heteroatoms. The lowest BCUT2D eigenvalue weighted by Crippen LogP contribution is -2.49. The summed E-state index contributed by atoms with van der Waals surface area (Å²) in [5, 5.41) is 2.94. The molecule has 0 bridgehead atoms. The molecule has 0 spiro atoms. The SMILES string of the molecule is CCC(C)NC(=O)C(C)N(Cc1ccccc1)C(=O)CCCN(C)S(=O)(=O)c1ccccc1. The molecular formula is C25H35N3O4S. The van der Waals surface area contributed by atoms with Gasteiger partial charge in [0.25, 0.3) is 0 Å². The lowest BCUT2D eigenvalue weighted by molar-refractivity contribution is -0.141. The monoisotopic (exact) mass is 473 g/mol. The molecule has 0 aromatic heterocycles. The molecule has 0 fully saturated rings. The molecule has 7 nitrogen and oxygen atoms in total. The van der Waals surface area contributed by atoms with Crippen molar-refractivity contribution in [2.75, 3.05) is 13.6 Å². The van der Waals surface area contributed by atoms with Crippen molar-refractivity contribution in [2.45, 2.75) is 63.6 Å². The summed E-state index contributed by atoms with van der Waals surface area (Å²) in [7, 11) is -2.10. The lowest BCUT2D eigenvalue weighted by atomic mass is 10.1. The maximum atomic E-state index is 13.1. The van der Waals surface area contributed by atoms with Crippen molar-refractivity contribution in [1.29, 1.82) is 0 Å². The van der Waals surface area contributed by atoms with Crippen molar-refractivity contribution in [3.05, 3.63) is 66.2 Å². The normalized spacial score (nSPS) is 13.4. The molecule has 2 rings (SSSR count). The minimum atomic E-state index is -3.61. The predicted octanol–water partition coefficient (Wildman–Crippen LogP) is 3.42. The molecule has 0 saturated carbocycles. The van der Waals surface area contributed by atoms with E-state index in [9.17, 15) is 18.0 Å². The maximum Gasteiger partial charge on any atom is 0.242 e. The number of nitrogens with zero attached hydrogens (tertiary/aromatic N) is 2. The van der Waals surface area contributed by atoms with Crippen LogP contribution in [-0.4, -0.2) is 55.1 Å². The Morgan fingerprint density at radius 2 is 1.55 bits per heavy atom. The van der Waals surface area contributed by atoms with E-state index < -0.39 is 16.1 Å². The van der Waals surface area contributed by atoms with Crippen LogP contribution in [0.15, 0.2) is 65.6 Å². The number of nitrogens with one attached hydrogen (secondary N) is 1. The van der Waals surface area contributed by atoms with Gasteiger partial charge in [-0.1, -0.05) is 55.5 Å². The smallest absolute Gasteiger partial charge is 0.242 e. The van der Waals surface area contributed by atoms with Crippen LogP contribution in [0.25, 0.3) is 0 Å². The lowest BCUT2D eigenvalue weighted by Gasteiger charge is -2.30. The Kier molecular flexibility index (Phi) is 10.1. The summed E-state index contributed by atoms with van der Waals surface area (Å²) in [6.07, 6.45) is 1.29. The maximum absolute atomic E-state index is 13.1. The molecule has 0 radical (unpaired) electrons. The summed E-state index contributed by atoms with van der Waals surface area (Å²) in [6, 6.07) is 17.1. The van der Waals surface area contributed by atoms with Gasteiger partial charge in [0.1, 0.15) is 6.04 Å². The van der Waals surface area contributed by atoms with E-state index in [1.54, 1.807) is 42.2 Å². The van der Waals surface area contributed by atoms with Gasteiger partial charge in [-0.05, 0) is 44.4 Å². The Balaban J connectivity index is 2.05. The summed E-state index contributed by atoms with van der Waals surface area (Å²) in [5.41, 5.74) is 0.929. The van der Waals surface area contributed by atoms with Crippen LogP contribution in [0.4, 0.5) is 0 Å². The summed E-state index contributed by atoms with van der Waals surface area (Å²) < 4.78 is 26.6. The Hall–Kier alpha value is -2.71. The van der Waals surface area contributed by atoms with Crippen LogP contribution in [0.1, 0.15) is 45.6 Å². The van der Waals surface area contributed by atoms with Crippen LogP contribution in [0.2, 0.25) is 0 Å². The number of benzene rings is 2. The van der Waals surface area contributed by atoms with E-state index in [0.29, 0.717) is 13.0 Å². The molecule has 2 unspecified atom stereocenters. The Morgan fingerprint density at radius 1 is 0.970 bits per heavy atom. The predicted molar refractivity (Wildman–Crippen MR) is 130 cm³/mol. The van der Waals surface area contributed by atoms with Gasteiger partial charge in [-0.3, -0.25) is 9.59 Å². The van der Waals surface area contributed by atoms with Crippen LogP contribution < -0.4 is 5.32 Å². The highest BCUT2D eigenvalue weighted by molar-refractivity contribution is 7.89. The van der Waals surface area contributed by atoms with E-state index in [4.69, 9.17) is 0 Å². The molecular weight excluding hydrogens is 438 g/mol. The van der Waals surface area contributed by atoms with E-state index in [-0.39, 0.29) is 35.7 Å². The summed E-state index contributed by atoms with van der Waals surface area (Å²) >= 11 is 0. The first-order valence-corrected chi connectivity index (χ1v) is 12.8. The van der Waals surface area contributed by atoms with E-state index in [2.05, 4.69) is 5.32 Å². The van der Waals surface area contributed by atoms with Crippen molar-refractivity contribution >= 4 is 21.8 Å². The molecule has 0 aliphatic rings. The topological polar surface area (TPSA) is 86.8 Å². The average molecular weight is 474 g/mol. The fraction of sp³-hybridized carbons (Fsp3) is 0.440. The number of hydrogen-bond acceptors (Lipinski definition) is 4. The second-order valence-corrected chi connectivity index (χ2v) is 10.3. The zero-order valence-electron chi connectivity index (χ0n) is 19.9. The molecule has 180 valence electrons. The Morgan fingerprint density at radius 3 is 2.12 bits per heavy atom. The molecule has 2 aromatic rings. The number of sulfonamides is 1. The molecule has 1 N–H and O–H groups in total. The number of carbonyl (C=O) groups excluding carboxylic acids is 2. The highest BCUT2D eigenvalue weighted by atomic mass is 32.2. The van der Waals surface area contributed by atoms with E-state index >= 15 is 0 Å². The van der Waals surface area contributed by atoms with Crippen LogP contribution in [-0.2, 0) is 26.2 Å². The van der Waals surface area contributed by atoms with Crippen molar-refractivity contribution in [3.8, 4) is 0 Å². The fourth-order valence-electron chi connectivity index (χ4n) is 3.32. The van der Waals surface area contributed by atoms with E-state index in [0.717, 1.165) is 12.0 Å². The van der Waals surface area contributed by atoms with Gasteiger partial charge < -0.3 is 10.2 Å². The fourth-order valence-corrected chi connectivity index (χ4v) is 4.55. The van der Waals surface area contributed by atoms with Gasteiger partial charge in [0.15, 0.2) is 0 Å². The number of hydrogen-bond donors (Lipinski definition) is 1.